The van der Waals surface area contributed by atoms with Gasteiger partial charge in [-0.25, -0.2) is 9.78 Å². The molecule has 20 N–H and O–H groups in total. The number of hydrogen-bond acceptors (Lipinski definition) is 17. The van der Waals surface area contributed by atoms with E-state index in [1.165, 1.54) is 49.9 Å². The van der Waals surface area contributed by atoms with Gasteiger partial charge in [-0.1, -0.05) is 48.5 Å². The minimum Gasteiger partial charge on any atom is -0.508 e. The van der Waals surface area contributed by atoms with E-state index in [0.717, 1.165) is 4.90 Å². The van der Waals surface area contributed by atoms with Gasteiger partial charge in [0.1, 0.15) is 60.1 Å². The molecular weight excluding hydrogens is 1200 g/mol. The van der Waals surface area contributed by atoms with E-state index >= 15 is 0 Å². The Bertz CT molecular complexity index is 3650. The summed E-state index contributed by atoms with van der Waals surface area (Å²) < 4.78 is 0. The van der Waals surface area contributed by atoms with E-state index in [4.69, 9.17) is 11.5 Å². The summed E-state index contributed by atoms with van der Waals surface area (Å²) in [5.41, 5.74) is 13.9. The molecule has 490 valence electrons. The van der Waals surface area contributed by atoms with Crippen LogP contribution in [0.1, 0.15) is 61.4 Å². The zero-order chi connectivity index (χ0) is 66.8. The number of fused-ring (bicyclic) bond motifs is 2. The van der Waals surface area contributed by atoms with Crippen LogP contribution in [-0.4, -0.2) is 202 Å². The Morgan fingerprint density at radius 2 is 1.03 bits per heavy atom. The Kier molecular flexibility index (Phi) is 24.0. The first-order valence-electron chi connectivity index (χ1n) is 29.2. The number of rotatable bonds is 33. The second-order valence-electron chi connectivity index (χ2n) is 22.1. The molecule has 32 heteroatoms. The van der Waals surface area contributed by atoms with Crippen molar-refractivity contribution >= 4 is 92.8 Å². The van der Waals surface area contributed by atoms with E-state index in [1.54, 1.807) is 54.7 Å². The lowest BCUT2D eigenvalue weighted by atomic mass is 10.0. The predicted molar refractivity (Wildman–Crippen MR) is 324 cm³/mol. The van der Waals surface area contributed by atoms with Gasteiger partial charge in [0, 0.05) is 84.7 Å². The highest BCUT2D eigenvalue weighted by Crippen LogP contribution is 2.23. The number of amides is 10. The van der Waals surface area contributed by atoms with E-state index in [1.807, 2.05) is 0 Å². The summed E-state index contributed by atoms with van der Waals surface area (Å²) in [4.78, 5) is 177. The van der Waals surface area contributed by atoms with Gasteiger partial charge in [-0.3, -0.25) is 52.7 Å². The van der Waals surface area contributed by atoms with Crippen LogP contribution in [0.15, 0.2) is 97.7 Å². The van der Waals surface area contributed by atoms with Crippen LogP contribution in [0.2, 0.25) is 0 Å². The summed E-state index contributed by atoms with van der Waals surface area (Å²) in [5.74, 6) is -13.4. The van der Waals surface area contributed by atoms with E-state index in [2.05, 4.69) is 62.5 Å². The number of phenols is 1. The summed E-state index contributed by atoms with van der Waals surface area (Å²) in [6.45, 7) is -0.895. The molecule has 0 spiro atoms. The maximum atomic E-state index is 14.6. The molecule has 0 radical (unpaired) electrons. The zero-order valence-corrected chi connectivity index (χ0v) is 49.7. The maximum absolute atomic E-state index is 14.6. The third-order valence-corrected chi connectivity index (χ3v) is 15.3. The topological polar surface area (TPSA) is 518 Å². The number of carbonyl (C=O) groups excluding carboxylic acids is 10. The fourth-order valence-electron chi connectivity index (χ4n) is 10.4. The molecule has 1 fully saturated rings. The summed E-state index contributed by atoms with van der Waals surface area (Å²) >= 11 is 0. The molecule has 32 nitrogen and oxygen atoms in total. The van der Waals surface area contributed by atoms with Crippen LogP contribution >= 0.6 is 0 Å². The lowest BCUT2D eigenvalue weighted by Crippen LogP contribution is -2.62. The second-order valence-corrected chi connectivity index (χ2v) is 22.1. The highest BCUT2D eigenvalue weighted by molar-refractivity contribution is 6.00. The zero-order valence-electron chi connectivity index (χ0n) is 49.7. The molecule has 7 rings (SSSR count). The molecule has 92 heavy (non-hydrogen) atoms. The third kappa shape index (κ3) is 18.7. The number of carboxylic acids is 2. The van der Waals surface area contributed by atoms with Gasteiger partial charge in [0.25, 0.3) is 0 Å². The van der Waals surface area contributed by atoms with Crippen LogP contribution in [-0.2, 0) is 83.2 Å². The molecule has 0 bridgehead atoms. The number of aliphatic hydroxyl groups excluding tert-OH is 2. The number of carboxylic acid groups (broad SMARTS) is 2. The summed E-state index contributed by atoms with van der Waals surface area (Å²) in [6, 6.07) is 3.22. The van der Waals surface area contributed by atoms with Crippen molar-refractivity contribution in [2.75, 3.05) is 19.8 Å². The molecule has 1 aliphatic heterocycles. The number of para-hydroxylation sites is 2. The predicted octanol–water partition coefficient (Wildman–Crippen LogP) is -3.63. The van der Waals surface area contributed by atoms with Crippen LogP contribution in [0.25, 0.3) is 21.8 Å². The van der Waals surface area contributed by atoms with Gasteiger partial charge in [0.15, 0.2) is 0 Å². The van der Waals surface area contributed by atoms with Crippen molar-refractivity contribution in [2.45, 2.75) is 125 Å². The number of aromatic hydroxyl groups is 1. The van der Waals surface area contributed by atoms with Gasteiger partial charge < -0.3 is 99.4 Å². The monoisotopic (exact) mass is 1280 g/mol. The number of phenolic OH excluding ortho intramolecular Hbond substituents is 1. The third-order valence-electron chi connectivity index (χ3n) is 15.3. The molecular formula is C60H73N15O17. The smallest absolute Gasteiger partial charge is 0.326 e. The molecule has 0 unspecified atom stereocenters. The second kappa shape index (κ2) is 32.1. The number of nitrogens with zero attached hydrogens (tertiary/aromatic N) is 2. The number of imidazole rings is 1. The fourth-order valence-corrected chi connectivity index (χ4v) is 10.4. The van der Waals surface area contributed by atoms with Gasteiger partial charge in [0.2, 0.25) is 59.1 Å². The SMILES string of the molecule is C[C@H](N)C(=O)N[C@@H](CCC(N)=O)C(=O)N[C@@H](Cc1cnc[nH]1)C(=O)N[C@@H](Cc1c[nH]c2ccccc12)C(=O)N[C@@H](CO)C(=O)N[C@@H](CC(=O)O)C(=O)N[C@@H](Cc1c[nH]c2ccccc12)C(=O)N[C@@H](CO)C(=O)N[C@@H](Cc1ccc(O)cc1)C(=O)N1CCC[C@H]1C(=O)O. The fraction of sp³-hybridized carbons (Fsp3) is 0.383. The number of likely N-dealkylation sites (tertiary alicyclic amines) is 1. The van der Waals surface area contributed by atoms with Crippen molar-refractivity contribution in [1.29, 1.82) is 0 Å². The molecule has 4 heterocycles. The molecule has 0 aliphatic carbocycles. The average Bonchev–Trinajstić information content (AvgIpc) is 2.03. The Labute approximate surface area is 523 Å². The number of nitrogens with two attached hydrogens (primary N) is 2. The van der Waals surface area contributed by atoms with Gasteiger partial charge in [0.05, 0.1) is 32.0 Å². The number of aromatic amines is 3. The van der Waals surface area contributed by atoms with Crippen LogP contribution in [0.3, 0.4) is 0 Å². The van der Waals surface area contributed by atoms with Crippen molar-refractivity contribution in [3.8, 4) is 5.75 Å². The van der Waals surface area contributed by atoms with Crippen LogP contribution in [0.5, 0.6) is 5.75 Å². The summed E-state index contributed by atoms with van der Waals surface area (Å²) in [6.07, 6.45) is 3.15. The normalized spacial score (nSPS) is 15.8. The number of benzene rings is 3. The molecule has 3 aromatic heterocycles. The number of nitrogens with one attached hydrogen (secondary N) is 11. The van der Waals surface area contributed by atoms with Gasteiger partial charge in [-0.05, 0) is 67.1 Å². The number of aromatic nitrogens is 4. The molecule has 1 aliphatic rings. The van der Waals surface area contributed by atoms with Crippen molar-refractivity contribution in [1.82, 2.24) is 67.4 Å². The standard InChI is InChI=1S/C60H73N15O17/c1-30(61)51(82)67-40(16-17-49(62)79)52(83)70-43(22-34-26-63-29-66-34)55(86)68-41(20-32-24-64-38-9-4-2-7-36(32)38)53(84)73-46(27-76)57(88)71-44(23-50(80)81)56(87)69-42(21-33-25-65-39-10-5-3-8-37(33)39)54(85)74-47(28-77)58(89)72-45(19-31-12-14-35(78)15-13-31)59(90)75-18-6-11-48(75)60(91)92/h2-5,7-10,12-15,24-26,29-30,40-48,64-65,76-78H,6,11,16-23,27-28,61H2,1H3,(H2,62,79)(H,63,66)(H,67,82)(H,68,86)(H,69,87)(H,70,83)(H,71,88)(H,72,89)(H,73,84)(H,74,85)(H,80,81)(H,91,92)/t30-,40-,41-,42-,43-,44-,45-,46-,47-,48-/m0/s1. The van der Waals surface area contributed by atoms with E-state index in [-0.39, 0.29) is 57.2 Å². The van der Waals surface area contributed by atoms with Crippen molar-refractivity contribution in [2.24, 2.45) is 11.5 Å². The number of aliphatic carboxylic acids is 2. The molecule has 6 aromatic rings. The Balaban J connectivity index is 1.12. The average molecular weight is 1280 g/mol. The molecule has 1 saturated heterocycles. The number of H-pyrrole nitrogens is 3. The van der Waals surface area contributed by atoms with Crippen LogP contribution in [0, 0.1) is 0 Å². The Hall–Kier alpha value is -10.7. The van der Waals surface area contributed by atoms with Gasteiger partial charge in [-0.2, -0.15) is 0 Å². The lowest BCUT2D eigenvalue weighted by molar-refractivity contribution is -0.149. The first-order chi connectivity index (χ1) is 43.9. The van der Waals surface area contributed by atoms with E-state index in [9.17, 15) is 83.1 Å². The first kappa shape index (κ1) is 68.8. The number of carbonyl (C=O) groups is 12. The molecule has 3 aromatic carbocycles. The largest absolute Gasteiger partial charge is 0.508 e. The minimum absolute atomic E-state index is 0.0439. The molecule has 10 amide bonds. The highest BCUT2D eigenvalue weighted by atomic mass is 16.4. The first-order valence-corrected chi connectivity index (χ1v) is 29.2. The minimum atomic E-state index is -2.08. The van der Waals surface area contributed by atoms with Crippen LogP contribution in [0.4, 0.5) is 0 Å². The maximum Gasteiger partial charge on any atom is 0.326 e. The number of aliphatic hydroxyl groups is 2. The Morgan fingerprint density at radius 3 is 1.51 bits per heavy atom. The quantitative estimate of drug-likeness (QED) is 0.0189. The highest BCUT2D eigenvalue weighted by Gasteiger charge is 2.40. The number of primary amides is 1. The van der Waals surface area contributed by atoms with E-state index in [0.29, 0.717) is 50.6 Å². The summed E-state index contributed by atoms with van der Waals surface area (Å²) in [5, 5.41) is 71.7. The van der Waals surface area contributed by atoms with Crippen LogP contribution < -0.4 is 54.0 Å². The van der Waals surface area contributed by atoms with E-state index < -0.39 is 151 Å². The van der Waals surface area contributed by atoms with Crippen molar-refractivity contribution < 1.29 is 83.1 Å². The van der Waals surface area contributed by atoms with Gasteiger partial charge in [-0.15, -0.1) is 0 Å². The Morgan fingerprint density at radius 1 is 0.576 bits per heavy atom. The summed E-state index contributed by atoms with van der Waals surface area (Å²) in [7, 11) is 0. The molecule has 10 atom stereocenters. The lowest BCUT2D eigenvalue weighted by Gasteiger charge is -2.29. The molecule has 0 saturated carbocycles. The van der Waals surface area contributed by atoms with Gasteiger partial charge >= 0.3 is 11.9 Å². The van der Waals surface area contributed by atoms with Crippen molar-refractivity contribution in [3.05, 3.63) is 120 Å². The van der Waals surface area contributed by atoms with Crippen molar-refractivity contribution in [3.63, 3.8) is 0 Å². The number of hydrogen-bond donors (Lipinski definition) is 18.